The highest BCUT2D eigenvalue weighted by Crippen LogP contribution is 2.13. The van der Waals surface area contributed by atoms with Gasteiger partial charge in [-0.1, -0.05) is 6.92 Å². The Kier molecular flexibility index (Phi) is 7.99. The Morgan fingerprint density at radius 1 is 1.29 bits per heavy atom. The summed E-state index contributed by atoms with van der Waals surface area (Å²) in [5.74, 6) is -0.0320. The minimum atomic E-state index is -3.30. The molecule has 1 fully saturated rings. The molecule has 0 saturated carbocycles. The van der Waals surface area contributed by atoms with Crippen molar-refractivity contribution in [1.29, 1.82) is 0 Å². The van der Waals surface area contributed by atoms with Crippen LogP contribution in [0, 0.1) is 0 Å². The maximum absolute atomic E-state index is 12.2. The maximum atomic E-state index is 12.2. The lowest BCUT2D eigenvalue weighted by Crippen LogP contribution is -2.46. The Labute approximate surface area is 150 Å². The van der Waals surface area contributed by atoms with E-state index in [1.807, 2.05) is 6.92 Å². The van der Waals surface area contributed by atoms with Crippen molar-refractivity contribution in [1.82, 2.24) is 10.6 Å². The van der Waals surface area contributed by atoms with Crippen LogP contribution in [-0.2, 0) is 10.0 Å². The van der Waals surface area contributed by atoms with E-state index >= 15 is 0 Å². The van der Waals surface area contributed by atoms with Crippen molar-refractivity contribution in [2.24, 2.45) is 0 Å². The number of carbonyl (C=O) groups is 1. The van der Waals surface area contributed by atoms with Crippen LogP contribution in [-0.4, -0.2) is 38.7 Å². The van der Waals surface area contributed by atoms with Crippen LogP contribution < -0.4 is 15.4 Å². The predicted molar refractivity (Wildman–Crippen MR) is 99.3 cm³/mol. The monoisotopic (exact) mass is 375 g/mol. The van der Waals surface area contributed by atoms with Gasteiger partial charge in [0, 0.05) is 23.3 Å². The van der Waals surface area contributed by atoms with Gasteiger partial charge in [-0.15, -0.1) is 12.4 Å². The highest BCUT2D eigenvalue weighted by Gasteiger charge is 2.20. The SMILES string of the molecule is CCCS(=O)(=O)Nc1ccc(C(=O)NC2CCNC(C)C2)cc1.Cl. The fraction of sp³-hybridized carbons (Fsp3) is 0.562. The largest absolute Gasteiger partial charge is 0.349 e. The number of nitrogens with one attached hydrogen (secondary N) is 3. The van der Waals surface area contributed by atoms with Gasteiger partial charge in [0.1, 0.15) is 0 Å². The molecule has 136 valence electrons. The number of benzene rings is 1. The van der Waals surface area contributed by atoms with Crippen molar-refractivity contribution < 1.29 is 13.2 Å². The van der Waals surface area contributed by atoms with Crippen LogP contribution >= 0.6 is 12.4 Å². The number of amides is 1. The van der Waals surface area contributed by atoms with Crippen LogP contribution in [0.1, 0.15) is 43.5 Å². The molecule has 2 rings (SSSR count). The molecule has 1 aromatic rings. The summed E-state index contributed by atoms with van der Waals surface area (Å²) in [4.78, 5) is 12.2. The third kappa shape index (κ3) is 6.30. The summed E-state index contributed by atoms with van der Waals surface area (Å²) < 4.78 is 25.9. The lowest BCUT2D eigenvalue weighted by Gasteiger charge is -2.28. The smallest absolute Gasteiger partial charge is 0.251 e. The molecule has 0 aliphatic carbocycles. The number of anilines is 1. The van der Waals surface area contributed by atoms with Gasteiger partial charge in [0.2, 0.25) is 10.0 Å². The topological polar surface area (TPSA) is 87.3 Å². The first-order valence-electron chi connectivity index (χ1n) is 8.04. The molecule has 3 N–H and O–H groups in total. The highest BCUT2D eigenvalue weighted by molar-refractivity contribution is 7.92. The summed E-state index contributed by atoms with van der Waals surface area (Å²) in [5, 5.41) is 6.38. The van der Waals surface area contributed by atoms with Crippen LogP contribution in [0.15, 0.2) is 24.3 Å². The zero-order valence-electron chi connectivity index (χ0n) is 14.0. The minimum Gasteiger partial charge on any atom is -0.349 e. The Hall–Kier alpha value is -1.31. The minimum absolute atomic E-state index is 0. The van der Waals surface area contributed by atoms with Gasteiger partial charge in [0.05, 0.1) is 5.75 Å². The summed E-state index contributed by atoms with van der Waals surface area (Å²) in [6.45, 7) is 4.83. The second kappa shape index (κ2) is 9.25. The Balaban J connectivity index is 0.00000288. The summed E-state index contributed by atoms with van der Waals surface area (Å²) in [7, 11) is -3.30. The van der Waals surface area contributed by atoms with Gasteiger partial charge in [-0.25, -0.2) is 8.42 Å². The molecule has 1 heterocycles. The number of carbonyl (C=O) groups excluding carboxylic acids is 1. The first kappa shape index (κ1) is 20.7. The second-order valence-electron chi connectivity index (χ2n) is 6.05. The van der Waals surface area contributed by atoms with Gasteiger partial charge in [-0.2, -0.15) is 0 Å². The fourth-order valence-electron chi connectivity index (χ4n) is 2.72. The molecule has 0 bridgehead atoms. The molecule has 0 aromatic heterocycles. The van der Waals surface area contributed by atoms with Crippen LogP contribution in [0.3, 0.4) is 0 Å². The molecule has 0 radical (unpaired) electrons. The molecule has 2 unspecified atom stereocenters. The Morgan fingerprint density at radius 2 is 1.96 bits per heavy atom. The molecule has 24 heavy (non-hydrogen) atoms. The van der Waals surface area contributed by atoms with Crippen molar-refractivity contribution in [3.05, 3.63) is 29.8 Å². The van der Waals surface area contributed by atoms with E-state index in [0.717, 1.165) is 19.4 Å². The standard InChI is InChI=1S/C16H25N3O3S.ClH/c1-3-10-23(21,22)19-14-6-4-13(5-7-14)16(20)18-15-8-9-17-12(2)11-15;/h4-7,12,15,17,19H,3,8-11H2,1-2H3,(H,18,20);1H. The van der Waals surface area contributed by atoms with Gasteiger partial charge in [0.15, 0.2) is 0 Å². The molecular formula is C16H26ClN3O3S. The molecule has 1 aliphatic rings. The second-order valence-corrected chi connectivity index (χ2v) is 7.89. The maximum Gasteiger partial charge on any atom is 0.251 e. The Bertz CT molecular complexity index is 634. The van der Waals surface area contributed by atoms with Crippen molar-refractivity contribution in [3.63, 3.8) is 0 Å². The van der Waals surface area contributed by atoms with Crippen LogP contribution in [0.5, 0.6) is 0 Å². The van der Waals surface area contributed by atoms with Crippen molar-refractivity contribution in [3.8, 4) is 0 Å². The van der Waals surface area contributed by atoms with Crippen molar-refractivity contribution >= 4 is 34.0 Å². The van der Waals surface area contributed by atoms with Gasteiger partial charge in [-0.05, 0) is 57.0 Å². The first-order chi connectivity index (χ1) is 10.9. The van der Waals surface area contributed by atoms with E-state index in [1.165, 1.54) is 0 Å². The predicted octanol–water partition coefficient (Wildman–Crippen LogP) is 2.13. The Morgan fingerprint density at radius 3 is 2.54 bits per heavy atom. The van der Waals surface area contributed by atoms with E-state index in [0.29, 0.717) is 23.7 Å². The van der Waals surface area contributed by atoms with Gasteiger partial charge in [0.25, 0.3) is 5.91 Å². The van der Waals surface area contributed by atoms with Gasteiger partial charge in [-0.3, -0.25) is 9.52 Å². The third-order valence-electron chi connectivity index (χ3n) is 3.85. The summed E-state index contributed by atoms with van der Waals surface area (Å²) in [6, 6.07) is 7.11. The zero-order valence-corrected chi connectivity index (χ0v) is 15.7. The highest BCUT2D eigenvalue weighted by atomic mass is 35.5. The summed E-state index contributed by atoms with van der Waals surface area (Å²) >= 11 is 0. The lowest BCUT2D eigenvalue weighted by molar-refractivity contribution is 0.0925. The molecule has 1 aliphatic heterocycles. The van der Waals surface area contributed by atoms with Crippen LogP contribution in [0.2, 0.25) is 0 Å². The van der Waals surface area contributed by atoms with E-state index in [2.05, 4.69) is 22.3 Å². The summed E-state index contributed by atoms with van der Waals surface area (Å²) in [5.41, 5.74) is 1.01. The lowest BCUT2D eigenvalue weighted by atomic mass is 10.0. The molecule has 0 spiro atoms. The summed E-state index contributed by atoms with van der Waals surface area (Å²) in [6.07, 6.45) is 2.40. The average molecular weight is 376 g/mol. The molecular weight excluding hydrogens is 350 g/mol. The van der Waals surface area contributed by atoms with E-state index in [4.69, 9.17) is 0 Å². The fourth-order valence-corrected chi connectivity index (χ4v) is 3.86. The quantitative estimate of drug-likeness (QED) is 0.710. The molecule has 1 amide bonds. The van der Waals surface area contributed by atoms with Crippen molar-refractivity contribution in [2.75, 3.05) is 17.0 Å². The third-order valence-corrected chi connectivity index (χ3v) is 5.34. The van der Waals surface area contributed by atoms with Crippen LogP contribution in [0.25, 0.3) is 0 Å². The van der Waals surface area contributed by atoms with Gasteiger partial charge >= 0.3 is 0 Å². The van der Waals surface area contributed by atoms with Crippen molar-refractivity contribution in [2.45, 2.75) is 45.2 Å². The number of hydrogen-bond acceptors (Lipinski definition) is 4. The van der Waals surface area contributed by atoms with Gasteiger partial charge < -0.3 is 10.6 Å². The zero-order chi connectivity index (χ0) is 16.9. The normalized spacial score (nSPS) is 20.8. The van der Waals surface area contributed by atoms with E-state index < -0.39 is 10.0 Å². The number of halogens is 1. The first-order valence-corrected chi connectivity index (χ1v) is 9.69. The molecule has 1 aromatic carbocycles. The van der Waals surface area contributed by atoms with Crippen LogP contribution in [0.4, 0.5) is 5.69 Å². The number of piperidine rings is 1. The molecule has 1 saturated heterocycles. The molecule has 2 atom stereocenters. The number of hydrogen-bond donors (Lipinski definition) is 3. The molecule has 6 nitrogen and oxygen atoms in total. The molecule has 8 heteroatoms. The number of rotatable bonds is 6. The van der Waals surface area contributed by atoms with E-state index in [-0.39, 0.29) is 30.1 Å². The van der Waals surface area contributed by atoms with E-state index in [1.54, 1.807) is 24.3 Å². The number of sulfonamides is 1. The van der Waals surface area contributed by atoms with E-state index in [9.17, 15) is 13.2 Å². The average Bonchev–Trinajstić information content (AvgIpc) is 2.47.